The van der Waals surface area contributed by atoms with Crippen LogP contribution in [0.25, 0.3) is 22.4 Å². The maximum atomic E-state index is 13.6. The first-order valence-corrected chi connectivity index (χ1v) is 11.8. The third kappa shape index (κ3) is 5.03. The van der Waals surface area contributed by atoms with Crippen LogP contribution in [0.3, 0.4) is 0 Å². The molecule has 9 nitrogen and oxygen atoms in total. The summed E-state index contributed by atoms with van der Waals surface area (Å²) in [5.41, 5.74) is 2.26. The highest BCUT2D eigenvalue weighted by molar-refractivity contribution is 6.05. The number of H-pyrrole nitrogens is 1. The maximum absolute atomic E-state index is 13.6. The molecular weight excluding hydrogens is 456 g/mol. The van der Waals surface area contributed by atoms with Gasteiger partial charge in [0.1, 0.15) is 29.7 Å². The van der Waals surface area contributed by atoms with E-state index >= 15 is 0 Å². The number of carbonyl (C=O) groups is 2. The molecule has 1 atom stereocenters. The summed E-state index contributed by atoms with van der Waals surface area (Å²) in [4.78, 5) is 35.9. The maximum Gasteiger partial charge on any atom is 0.306 e. The number of aromatic nitrogens is 5. The fourth-order valence-electron chi connectivity index (χ4n) is 4.26. The molecule has 0 bridgehead atoms. The van der Waals surface area contributed by atoms with E-state index in [0.717, 1.165) is 12.1 Å². The summed E-state index contributed by atoms with van der Waals surface area (Å²) in [6.45, 7) is 8.16. The van der Waals surface area contributed by atoms with Crippen molar-refractivity contribution < 1.29 is 22.9 Å². The van der Waals surface area contributed by atoms with Gasteiger partial charge in [-0.25, -0.2) is 23.3 Å². The molecule has 1 saturated heterocycles. The Morgan fingerprint density at radius 2 is 1.97 bits per heavy atom. The Hall–Kier alpha value is -3.37. The van der Waals surface area contributed by atoms with Crippen LogP contribution in [0.1, 0.15) is 50.9 Å². The zero-order valence-corrected chi connectivity index (χ0v) is 20.7. The van der Waals surface area contributed by atoms with Crippen LogP contribution >= 0.6 is 0 Å². The molecule has 2 N–H and O–H groups in total. The van der Waals surface area contributed by atoms with Gasteiger partial charge in [0, 0.05) is 44.2 Å². The summed E-state index contributed by atoms with van der Waals surface area (Å²) in [7, 11) is 1.85. The van der Waals surface area contributed by atoms with Crippen molar-refractivity contribution >= 4 is 23.0 Å². The zero-order valence-electron chi connectivity index (χ0n) is 20.7. The molecule has 2 amide bonds. The highest BCUT2D eigenvalue weighted by atomic mass is 19.3. The lowest BCUT2D eigenvalue weighted by Crippen LogP contribution is -2.56. The average Bonchev–Trinajstić information content (AvgIpc) is 3.43. The lowest BCUT2D eigenvalue weighted by atomic mass is 9.85. The number of halogens is 2. The van der Waals surface area contributed by atoms with Gasteiger partial charge in [-0.2, -0.15) is 5.10 Å². The predicted octanol–water partition coefficient (Wildman–Crippen LogP) is 2.67. The summed E-state index contributed by atoms with van der Waals surface area (Å²) in [6, 6.07) is -0.883. The van der Waals surface area contributed by atoms with Gasteiger partial charge in [0.25, 0.3) is 11.8 Å². The highest BCUT2D eigenvalue weighted by Gasteiger charge is 2.41. The standard InChI is InChI=1S/C24H31F2N7O2/c1-6-33-13-15(11-28-33)17-14-31(5)20-18(29-17)16(12-27-20)21(34)30-19(23(2,3)4)22(35)32-9-7-24(25,26)8-10-32/h11-14,19H,6-10H2,1-5H3,(H,30,34)/p+1. The number of hydrogen-bond donors (Lipinski definition) is 2. The molecule has 0 aliphatic carbocycles. The van der Waals surface area contributed by atoms with Crippen molar-refractivity contribution in [2.75, 3.05) is 13.1 Å². The number of aromatic amines is 1. The van der Waals surface area contributed by atoms with Crippen molar-refractivity contribution in [3.8, 4) is 11.3 Å². The van der Waals surface area contributed by atoms with Gasteiger partial charge in [0.05, 0.1) is 13.2 Å². The first-order chi connectivity index (χ1) is 16.4. The third-order valence-corrected chi connectivity index (χ3v) is 6.43. The summed E-state index contributed by atoms with van der Waals surface area (Å²) in [6.07, 6.45) is 6.29. The number of hydrogen-bond acceptors (Lipinski definition) is 4. The minimum Gasteiger partial charge on any atom is -0.340 e. The van der Waals surface area contributed by atoms with Crippen molar-refractivity contribution in [3.05, 3.63) is 30.4 Å². The van der Waals surface area contributed by atoms with E-state index in [1.54, 1.807) is 17.1 Å². The summed E-state index contributed by atoms with van der Waals surface area (Å²) in [5.74, 6) is -3.57. The quantitative estimate of drug-likeness (QED) is 0.540. The Kier molecular flexibility index (Phi) is 6.37. The topological polar surface area (TPSA) is 99.8 Å². The predicted molar refractivity (Wildman–Crippen MR) is 126 cm³/mol. The van der Waals surface area contributed by atoms with E-state index in [2.05, 4.69) is 15.4 Å². The Balaban J connectivity index is 1.62. The second-order valence-corrected chi connectivity index (χ2v) is 10.2. The highest BCUT2D eigenvalue weighted by Crippen LogP contribution is 2.30. The van der Waals surface area contributed by atoms with Crippen molar-refractivity contribution in [2.45, 2.75) is 59.0 Å². The number of rotatable bonds is 5. The van der Waals surface area contributed by atoms with Crippen LogP contribution in [0.4, 0.5) is 8.78 Å². The van der Waals surface area contributed by atoms with Crippen LogP contribution in [-0.4, -0.2) is 61.5 Å². The Bertz CT molecular complexity index is 1250. The number of alkyl halides is 2. The van der Waals surface area contributed by atoms with Gasteiger partial charge >= 0.3 is 5.65 Å². The Morgan fingerprint density at radius 3 is 2.57 bits per heavy atom. The summed E-state index contributed by atoms with van der Waals surface area (Å²) in [5, 5.41) is 7.15. The van der Waals surface area contributed by atoms with Crippen LogP contribution in [0, 0.1) is 5.41 Å². The number of nitrogens with one attached hydrogen (secondary N) is 2. The number of fused-ring (bicyclic) bond motifs is 1. The van der Waals surface area contributed by atoms with E-state index in [0.29, 0.717) is 22.4 Å². The largest absolute Gasteiger partial charge is 0.340 e. The zero-order chi connectivity index (χ0) is 25.5. The van der Waals surface area contributed by atoms with E-state index in [4.69, 9.17) is 4.98 Å². The lowest BCUT2D eigenvalue weighted by molar-refractivity contribution is -0.646. The van der Waals surface area contributed by atoms with E-state index in [1.165, 1.54) is 4.90 Å². The summed E-state index contributed by atoms with van der Waals surface area (Å²) >= 11 is 0. The molecule has 188 valence electrons. The van der Waals surface area contributed by atoms with Gasteiger partial charge in [-0.15, -0.1) is 0 Å². The number of nitrogens with zero attached hydrogens (tertiary/aromatic N) is 5. The second kappa shape index (κ2) is 9.01. The molecule has 0 saturated carbocycles. The fourth-order valence-corrected chi connectivity index (χ4v) is 4.26. The molecule has 11 heteroatoms. The molecule has 1 fully saturated rings. The molecular formula is C24H32F2N7O2+. The van der Waals surface area contributed by atoms with Gasteiger partial charge in [-0.05, 0) is 12.3 Å². The van der Waals surface area contributed by atoms with Crippen LogP contribution in [0.2, 0.25) is 0 Å². The molecule has 3 aromatic rings. The number of amides is 2. The van der Waals surface area contributed by atoms with Crippen LogP contribution in [0.15, 0.2) is 24.8 Å². The molecule has 3 aromatic heterocycles. The van der Waals surface area contributed by atoms with Gasteiger partial charge < -0.3 is 10.2 Å². The molecule has 0 aromatic carbocycles. The minimum atomic E-state index is -2.76. The number of carbonyl (C=O) groups excluding carboxylic acids is 2. The molecule has 4 heterocycles. The van der Waals surface area contributed by atoms with Crippen LogP contribution in [-0.2, 0) is 18.4 Å². The lowest BCUT2D eigenvalue weighted by Gasteiger charge is -2.38. The van der Waals surface area contributed by atoms with E-state index in [-0.39, 0.29) is 31.8 Å². The first-order valence-electron chi connectivity index (χ1n) is 11.8. The van der Waals surface area contributed by atoms with Gasteiger partial charge in [0.15, 0.2) is 5.52 Å². The number of aryl methyl sites for hydroxylation is 2. The fraction of sp³-hybridized carbons (Fsp3) is 0.542. The molecule has 1 unspecified atom stereocenters. The molecule has 35 heavy (non-hydrogen) atoms. The number of piperidine rings is 1. The molecule has 0 spiro atoms. The number of likely N-dealkylation sites (tertiary alicyclic amines) is 1. The van der Waals surface area contributed by atoms with Crippen molar-refractivity contribution in [3.63, 3.8) is 0 Å². The van der Waals surface area contributed by atoms with Gasteiger partial charge in [-0.1, -0.05) is 20.8 Å². The molecule has 0 radical (unpaired) electrons. The van der Waals surface area contributed by atoms with E-state index in [1.807, 2.05) is 51.7 Å². The SMILES string of the molecule is CCn1cc(-c2c[n+](C)c3[nH]cc(C(=O)NC(C(=O)N4CCC(F)(F)CC4)C(C)(C)C)c3n2)cn1. The van der Waals surface area contributed by atoms with E-state index in [9.17, 15) is 18.4 Å². The van der Waals surface area contributed by atoms with E-state index < -0.39 is 23.3 Å². The van der Waals surface area contributed by atoms with Gasteiger partial charge in [0.2, 0.25) is 5.91 Å². The first kappa shape index (κ1) is 24.7. The van der Waals surface area contributed by atoms with Crippen molar-refractivity contribution in [1.82, 2.24) is 30.0 Å². The van der Waals surface area contributed by atoms with Gasteiger partial charge in [-0.3, -0.25) is 14.3 Å². The average molecular weight is 489 g/mol. The second-order valence-electron chi connectivity index (χ2n) is 10.2. The van der Waals surface area contributed by atoms with Crippen LogP contribution < -0.4 is 9.88 Å². The van der Waals surface area contributed by atoms with Crippen molar-refractivity contribution in [2.24, 2.45) is 12.5 Å². The molecule has 1 aliphatic heterocycles. The monoisotopic (exact) mass is 488 g/mol. The third-order valence-electron chi connectivity index (χ3n) is 6.43. The molecule has 4 rings (SSSR count). The van der Waals surface area contributed by atoms with Crippen molar-refractivity contribution in [1.29, 1.82) is 0 Å². The normalized spacial score (nSPS) is 16.9. The Labute approximate surface area is 202 Å². The molecule has 1 aliphatic rings. The Morgan fingerprint density at radius 1 is 1.29 bits per heavy atom. The summed E-state index contributed by atoms with van der Waals surface area (Å²) < 4.78 is 30.8. The smallest absolute Gasteiger partial charge is 0.306 e. The van der Waals surface area contributed by atoms with Crippen LogP contribution in [0.5, 0.6) is 0 Å². The minimum absolute atomic E-state index is 0.0342.